The second kappa shape index (κ2) is 7.26. The largest absolute Gasteiger partial charge is 0.481 e. The van der Waals surface area contributed by atoms with Crippen LogP contribution < -0.4 is 11.1 Å². The molecule has 0 spiro atoms. The maximum absolute atomic E-state index is 12.4. The monoisotopic (exact) mass is 325 g/mol. The highest BCUT2D eigenvalue weighted by atomic mass is 32.1. The van der Waals surface area contributed by atoms with Crippen molar-refractivity contribution in [3.8, 4) is 0 Å². The van der Waals surface area contributed by atoms with E-state index in [1.54, 1.807) is 4.90 Å². The molecule has 0 aromatic carbocycles. The quantitative estimate of drug-likeness (QED) is 0.754. The minimum atomic E-state index is -0.873. The Balaban J connectivity index is 2.01. The third kappa shape index (κ3) is 4.20. The van der Waals surface area contributed by atoms with Crippen LogP contribution in [0.1, 0.15) is 30.2 Å². The molecule has 0 radical (unpaired) electrons. The highest BCUT2D eigenvalue weighted by Crippen LogP contribution is 2.24. The molecule has 1 saturated heterocycles. The van der Waals surface area contributed by atoms with E-state index in [2.05, 4.69) is 5.32 Å². The molecule has 0 saturated carbocycles. The van der Waals surface area contributed by atoms with E-state index in [-0.39, 0.29) is 18.9 Å². The van der Waals surface area contributed by atoms with Crippen LogP contribution >= 0.6 is 11.3 Å². The first-order valence-corrected chi connectivity index (χ1v) is 7.95. The van der Waals surface area contributed by atoms with Crippen molar-refractivity contribution in [2.24, 2.45) is 11.7 Å². The lowest BCUT2D eigenvalue weighted by Crippen LogP contribution is -2.44. The molecule has 0 bridgehead atoms. The van der Waals surface area contributed by atoms with Crippen LogP contribution in [0.5, 0.6) is 0 Å². The molecule has 3 amide bonds. The number of nitrogens with two attached hydrogens (primary N) is 1. The number of hydrogen-bond donors (Lipinski definition) is 3. The lowest BCUT2D eigenvalue weighted by atomic mass is 9.97. The van der Waals surface area contributed by atoms with E-state index in [9.17, 15) is 14.4 Å². The van der Waals surface area contributed by atoms with Gasteiger partial charge < -0.3 is 21.1 Å². The maximum atomic E-state index is 12.4. The molecule has 120 valence electrons. The molecule has 2 heterocycles. The maximum Gasteiger partial charge on any atom is 0.312 e. The van der Waals surface area contributed by atoms with Crippen LogP contribution in [-0.2, 0) is 9.59 Å². The van der Waals surface area contributed by atoms with Gasteiger partial charge in [-0.3, -0.25) is 9.59 Å². The van der Waals surface area contributed by atoms with Gasteiger partial charge in [-0.25, -0.2) is 4.79 Å². The number of thiophene rings is 1. The zero-order valence-corrected chi connectivity index (χ0v) is 12.8. The first-order valence-electron chi connectivity index (χ1n) is 7.07. The summed E-state index contributed by atoms with van der Waals surface area (Å²) in [6.45, 7) is 0.776. The summed E-state index contributed by atoms with van der Waals surface area (Å²) in [5.74, 6) is -1.55. The number of carbonyl (C=O) groups excluding carboxylic acids is 2. The van der Waals surface area contributed by atoms with Gasteiger partial charge in [0.05, 0.1) is 18.4 Å². The second-order valence-corrected chi connectivity index (χ2v) is 6.28. The summed E-state index contributed by atoms with van der Waals surface area (Å²) in [5, 5.41) is 13.5. The number of carboxylic acids is 1. The molecule has 8 heteroatoms. The first-order chi connectivity index (χ1) is 10.5. The minimum absolute atomic E-state index is 0.0792. The lowest BCUT2D eigenvalue weighted by Gasteiger charge is -2.31. The van der Waals surface area contributed by atoms with Gasteiger partial charge in [-0.2, -0.15) is 0 Å². The number of rotatable bonds is 5. The Morgan fingerprint density at radius 1 is 1.50 bits per heavy atom. The van der Waals surface area contributed by atoms with Gasteiger partial charge in [0.25, 0.3) is 0 Å². The molecule has 22 heavy (non-hydrogen) atoms. The van der Waals surface area contributed by atoms with Crippen LogP contribution in [0.4, 0.5) is 4.79 Å². The predicted molar refractivity (Wildman–Crippen MR) is 81.3 cm³/mol. The topological polar surface area (TPSA) is 113 Å². The van der Waals surface area contributed by atoms with Crippen LogP contribution in [0.15, 0.2) is 17.5 Å². The van der Waals surface area contributed by atoms with Gasteiger partial charge in [0.1, 0.15) is 0 Å². The number of aliphatic carboxylic acids is 1. The van der Waals surface area contributed by atoms with Crippen molar-refractivity contribution >= 4 is 29.2 Å². The molecule has 2 rings (SSSR count). The fourth-order valence-corrected chi connectivity index (χ4v) is 3.37. The number of likely N-dealkylation sites (tertiary alicyclic amines) is 1. The number of amides is 3. The molecule has 2 atom stereocenters. The van der Waals surface area contributed by atoms with E-state index in [1.165, 1.54) is 11.3 Å². The second-order valence-electron chi connectivity index (χ2n) is 5.30. The van der Waals surface area contributed by atoms with Crippen molar-refractivity contribution in [3.05, 3.63) is 22.4 Å². The van der Waals surface area contributed by atoms with Gasteiger partial charge in [0, 0.05) is 18.0 Å². The van der Waals surface area contributed by atoms with E-state index in [1.807, 2.05) is 17.5 Å². The van der Waals surface area contributed by atoms with Crippen molar-refractivity contribution < 1.29 is 19.5 Å². The summed E-state index contributed by atoms with van der Waals surface area (Å²) in [6.07, 6.45) is 1.35. The van der Waals surface area contributed by atoms with Crippen LogP contribution in [0.2, 0.25) is 0 Å². The highest BCUT2D eigenvalue weighted by Gasteiger charge is 2.29. The third-order valence-corrected chi connectivity index (χ3v) is 4.69. The molecule has 2 unspecified atom stereocenters. The van der Waals surface area contributed by atoms with Gasteiger partial charge in [-0.1, -0.05) is 6.07 Å². The van der Waals surface area contributed by atoms with Crippen LogP contribution in [0.3, 0.4) is 0 Å². The fraction of sp³-hybridized carbons (Fsp3) is 0.500. The smallest absolute Gasteiger partial charge is 0.312 e. The van der Waals surface area contributed by atoms with Gasteiger partial charge in [0.15, 0.2) is 0 Å². The summed E-state index contributed by atoms with van der Waals surface area (Å²) >= 11 is 1.43. The summed E-state index contributed by atoms with van der Waals surface area (Å²) in [6, 6.07) is 2.50. The Bertz CT molecular complexity index is 546. The number of hydrogen-bond acceptors (Lipinski definition) is 4. The Kier molecular flexibility index (Phi) is 5.37. The Morgan fingerprint density at radius 2 is 2.27 bits per heavy atom. The van der Waals surface area contributed by atoms with Crippen LogP contribution in [0, 0.1) is 5.92 Å². The van der Waals surface area contributed by atoms with E-state index >= 15 is 0 Å². The predicted octanol–water partition coefficient (Wildman–Crippen LogP) is 1.17. The lowest BCUT2D eigenvalue weighted by molar-refractivity contribution is -0.145. The molecule has 4 N–H and O–H groups in total. The van der Waals surface area contributed by atoms with Crippen LogP contribution in [0.25, 0.3) is 0 Å². The SMILES string of the molecule is NC(=O)NC(CC(=O)N1CCCC(C(=O)O)C1)c1cccs1. The zero-order valence-electron chi connectivity index (χ0n) is 12.0. The highest BCUT2D eigenvalue weighted by molar-refractivity contribution is 7.10. The van der Waals surface area contributed by atoms with E-state index in [0.29, 0.717) is 19.4 Å². The number of carboxylic acid groups (broad SMARTS) is 1. The van der Waals surface area contributed by atoms with Gasteiger partial charge >= 0.3 is 12.0 Å². The molecule has 0 aliphatic carbocycles. The summed E-state index contributed by atoms with van der Waals surface area (Å²) < 4.78 is 0. The standard InChI is InChI=1S/C14H19N3O4S/c15-14(21)16-10(11-4-2-6-22-11)7-12(18)17-5-1-3-9(8-17)13(19)20/h2,4,6,9-10H,1,3,5,7-8H2,(H,19,20)(H3,15,16,21). The Labute approximate surface area is 132 Å². The van der Waals surface area contributed by atoms with Crippen molar-refractivity contribution in [2.45, 2.75) is 25.3 Å². The normalized spacial score (nSPS) is 19.5. The molecule has 1 aliphatic heterocycles. The summed E-state index contributed by atoms with van der Waals surface area (Å²) in [4.78, 5) is 37.0. The van der Waals surface area contributed by atoms with Crippen molar-refractivity contribution in [1.82, 2.24) is 10.2 Å². The van der Waals surface area contributed by atoms with E-state index < -0.39 is 24.0 Å². The summed E-state index contributed by atoms with van der Waals surface area (Å²) in [7, 11) is 0. The van der Waals surface area contributed by atoms with E-state index in [4.69, 9.17) is 10.8 Å². The van der Waals surface area contributed by atoms with E-state index in [0.717, 1.165) is 4.88 Å². The molecule has 1 fully saturated rings. The zero-order chi connectivity index (χ0) is 16.1. The molecule has 1 aromatic heterocycles. The molecule has 1 aliphatic rings. The number of piperidine rings is 1. The van der Waals surface area contributed by atoms with Crippen LogP contribution in [-0.4, -0.2) is 41.0 Å². The van der Waals surface area contributed by atoms with Crippen molar-refractivity contribution in [2.75, 3.05) is 13.1 Å². The number of nitrogens with zero attached hydrogens (tertiary/aromatic N) is 1. The Hall–Kier alpha value is -2.09. The van der Waals surface area contributed by atoms with Gasteiger partial charge in [-0.05, 0) is 24.3 Å². The molecule has 1 aromatic rings. The van der Waals surface area contributed by atoms with Crippen molar-refractivity contribution in [3.63, 3.8) is 0 Å². The minimum Gasteiger partial charge on any atom is -0.481 e. The average Bonchev–Trinajstić information content (AvgIpc) is 3.00. The average molecular weight is 325 g/mol. The molecular formula is C14H19N3O4S. The first kappa shape index (κ1) is 16.3. The number of carbonyl (C=O) groups is 3. The number of urea groups is 1. The molecule has 7 nitrogen and oxygen atoms in total. The summed E-state index contributed by atoms with van der Waals surface area (Å²) in [5.41, 5.74) is 5.17. The third-order valence-electron chi connectivity index (χ3n) is 3.71. The van der Waals surface area contributed by atoms with Gasteiger partial charge in [0.2, 0.25) is 5.91 Å². The van der Waals surface area contributed by atoms with Crippen molar-refractivity contribution in [1.29, 1.82) is 0 Å². The Morgan fingerprint density at radius 3 is 2.86 bits per heavy atom. The van der Waals surface area contributed by atoms with Gasteiger partial charge in [-0.15, -0.1) is 11.3 Å². The number of primary amides is 1. The number of nitrogens with one attached hydrogen (secondary N) is 1. The molecular weight excluding hydrogens is 306 g/mol. The fourth-order valence-electron chi connectivity index (χ4n) is 2.59.